The largest absolute Gasteiger partial charge is 0.396 e. The van der Waals surface area contributed by atoms with Gasteiger partial charge in [-0.15, -0.1) is 0 Å². The van der Waals surface area contributed by atoms with E-state index in [1.807, 2.05) is 6.92 Å². The number of aliphatic hydroxyl groups excluding tert-OH is 1. The molecule has 0 radical (unpaired) electrons. The molecule has 1 fully saturated rings. The lowest BCUT2D eigenvalue weighted by Gasteiger charge is -2.30. The highest BCUT2D eigenvalue weighted by molar-refractivity contribution is 6.15. The molecule has 1 N–H and O–H groups in total. The first kappa shape index (κ1) is 20.1. The second kappa shape index (κ2) is 8.16. The zero-order valence-electron chi connectivity index (χ0n) is 15.5. The van der Waals surface area contributed by atoms with Crippen LogP contribution in [-0.4, -0.2) is 54.6 Å². The Balaban J connectivity index is 1.94. The molecule has 3 rings (SSSR count). The molecular weight excluding hydrogens is 368 g/mol. The molecule has 1 aliphatic heterocycles. The number of ketones is 1. The molecule has 5 nitrogen and oxygen atoms in total. The highest BCUT2D eigenvalue weighted by Crippen LogP contribution is 2.24. The van der Waals surface area contributed by atoms with Crippen molar-refractivity contribution in [2.45, 2.75) is 6.92 Å². The standard InChI is InChI=1S/C21H21F2NO4/c1-21(12-25)11-24(8-9-28-13-21)20(27)16-5-3-2-4-15(16)19(26)14-6-7-17(22)18(23)10-14/h2-7,10,25H,8-9,11-13H2,1H3. The SMILES string of the molecule is CC1(CO)COCCN(C(=O)c2ccccc2C(=O)c2ccc(F)c(F)c2)C1. The molecule has 2 aromatic rings. The van der Waals surface area contributed by atoms with Gasteiger partial charge in [-0.2, -0.15) is 0 Å². The smallest absolute Gasteiger partial charge is 0.254 e. The Hall–Kier alpha value is -2.64. The fourth-order valence-electron chi connectivity index (χ4n) is 3.18. The van der Waals surface area contributed by atoms with Crippen LogP contribution in [0, 0.1) is 17.0 Å². The average molecular weight is 389 g/mol. The monoisotopic (exact) mass is 389 g/mol. The summed E-state index contributed by atoms with van der Waals surface area (Å²) in [6, 6.07) is 9.13. The van der Waals surface area contributed by atoms with Crippen LogP contribution in [0.5, 0.6) is 0 Å². The van der Waals surface area contributed by atoms with Gasteiger partial charge in [0.25, 0.3) is 5.91 Å². The number of hydrogen-bond acceptors (Lipinski definition) is 4. The van der Waals surface area contributed by atoms with Gasteiger partial charge in [0, 0.05) is 29.6 Å². The van der Waals surface area contributed by atoms with E-state index < -0.39 is 22.8 Å². The third kappa shape index (κ3) is 4.10. The van der Waals surface area contributed by atoms with E-state index in [-0.39, 0.29) is 35.7 Å². The van der Waals surface area contributed by atoms with Crippen LogP contribution in [0.15, 0.2) is 42.5 Å². The Bertz CT molecular complexity index is 902. The first-order valence-electron chi connectivity index (χ1n) is 8.91. The molecule has 0 aromatic heterocycles. The Labute approximate surface area is 161 Å². The highest BCUT2D eigenvalue weighted by Gasteiger charge is 2.33. The molecule has 1 amide bonds. The van der Waals surface area contributed by atoms with Crippen LogP contribution >= 0.6 is 0 Å². The van der Waals surface area contributed by atoms with Crippen LogP contribution < -0.4 is 0 Å². The summed E-state index contributed by atoms with van der Waals surface area (Å²) < 4.78 is 32.2. The fraction of sp³-hybridized carbons (Fsp3) is 0.333. The highest BCUT2D eigenvalue weighted by atomic mass is 19.2. The molecule has 148 valence electrons. The number of nitrogens with zero attached hydrogens (tertiary/aromatic N) is 1. The van der Waals surface area contributed by atoms with Crippen LogP contribution in [0.2, 0.25) is 0 Å². The Kier molecular flexibility index (Phi) is 5.86. The van der Waals surface area contributed by atoms with Gasteiger partial charge in [-0.3, -0.25) is 9.59 Å². The molecule has 1 atom stereocenters. The van der Waals surface area contributed by atoms with E-state index in [2.05, 4.69) is 0 Å². The molecule has 7 heteroatoms. The van der Waals surface area contributed by atoms with E-state index in [1.165, 1.54) is 18.2 Å². The summed E-state index contributed by atoms with van der Waals surface area (Å²) in [5.74, 6) is -3.12. The van der Waals surface area contributed by atoms with Gasteiger partial charge in [0.2, 0.25) is 0 Å². The van der Waals surface area contributed by atoms with Gasteiger partial charge >= 0.3 is 0 Å². The van der Waals surface area contributed by atoms with E-state index in [0.29, 0.717) is 19.8 Å². The molecule has 2 aromatic carbocycles. The van der Waals surface area contributed by atoms with Gasteiger partial charge < -0.3 is 14.7 Å². The predicted octanol–water partition coefficient (Wildman–Crippen LogP) is 2.67. The van der Waals surface area contributed by atoms with Crippen molar-refractivity contribution in [3.63, 3.8) is 0 Å². The minimum Gasteiger partial charge on any atom is -0.396 e. The number of carbonyl (C=O) groups is 2. The van der Waals surface area contributed by atoms with Crippen molar-refractivity contribution in [1.29, 1.82) is 0 Å². The summed E-state index contributed by atoms with van der Waals surface area (Å²) in [6.07, 6.45) is 0. The predicted molar refractivity (Wildman–Crippen MR) is 98.1 cm³/mol. The van der Waals surface area contributed by atoms with Gasteiger partial charge in [-0.1, -0.05) is 25.1 Å². The number of hydrogen-bond donors (Lipinski definition) is 1. The third-order valence-corrected chi connectivity index (χ3v) is 4.78. The zero-order chi connectivity index (χ0) is 20.3. The van der Waals surface area contributed by atoms with Gasteiger partial charge in [0.05, 0.1) is 25.4 Å². The molecule has 0 saturated carbocycles. The molecular formula is C21H21F2NO4. The van der Waals surface area contributed by atoms with Crippen molar-refractivity contribution in [3.05, 3.63) is 70.8 Å². The molecule has 0 bridgehead atoms. The zero-order valence-corrected chi connectivity index (χ0v) is 15.5. The van der Waals surface area contributed by atoms with E-state index in [4.69, 9.17) is 4.74 Å². The summed E-state index contributed by atoms with van der Waals surface area (Å²) >= 11 is 0. The number of rotatable bonds is 4. The van der Waals surface area contributed by atoms with Gasteiger partial charge in [0.15, 0.2) is 17.4 Å². The summed E-state index contributed by atoms with van der Waals surface area (Å²) in [6.45, 7) is 2.91. The maximum absolute atomic E-state index is 13.5. The summed E-state index contributed by atoms with van der Waals surface area (Å²) in [5.41, 5.74) is -0.377. The van der Waals surface area contributed by atoms with Gasteiger partial charge in [-0.05, 0) is 24.3 Å². The molecule has 28 heavy (non-hydrogen) atoms. The first-order chi connectivity index (χ1) is 13.3. The molecule has 1 heterocycles. The lowest BCUT2D eigenvalue weighted by atomic mass is 9.91. The number of amides is 1. The van der Waals surface area contributed by atoms with Crippen molar-refractivity contribution in [1.82, 2.24) is 4.90 Å². The van der Waals surface area contributed by atoms with Crippen molar-refractivity contribution in [2.24, 2.45) is 5.41 Å². The number of carbonyl (C=O) groups excluding carboxylic acids is 2. The number of benzene rings is 2. The molecule has 1 unspecified atom stereocenters. The van der Waals surface area contributed by atoms with Crippen molar-refractivity contribution in [2.75, 3.05) is 32.9 Å². The van der Waals surface area contributed by atoms with E-state index in [0.717, 1.165) is 12.1 Å². The number of halogens is 2. The van der Waals surface area contributed by atoms with E-state index in [9.17, 15) is 23.5 Å². The lowest BCUT2D eigenvalue weighted by molar-refractivity contribution is 0.0340. The van der Waals surface area contributed by atoms with Crippen LogP contribution in [0.3, 0.4) is 0 Å². The topological polar surface area (TPSA) is 66.8 Å². The Morgan fingerprint density at radius 2 is 1.86 bits per heavy atom. The van der Waals surface area contributed by atoms with Gasteiger partial charge in [0.1, 0.15) is 0 Å². The minimum absolute atomic E-state index is 0.0430. The quantitative estimate of drug-likeness (QED) is 0.817. The van der Waals surface area contributed by atoms with Crippen LogP contribution in [0.4, 0.5) is 8.78 Å². The lowest BCUT2D eigenvalue weighted by Crippen LogP contribution is -2.42. The summed E-state index contributed by atoms with van der Waals surface area (Å²) in [4.78, 5) is 27.5. The van der Waals surface area contributed by atoms with Gasteiger partial charge in [-0.25, -0.2) is 8.78 Å². The van der Waals surface area contributed by atoms with Crippen molar-refractivity contribution in [3.8, 4) is 0 Å². The maximum atomic E-state index is 13.5. The Morgan fingerprint density at radius 3 is 2.54 bits per heavy atom. The molecule has 1 saturated heterocycles. The summed E-state index contributed by atoms with van der Waals surface area (Å²) in [7, 11) is 0. The second-order valence-corrected chi connectivity index (χ2v) is 7.25. The Morgan fingerprint density at radius 1 is 1.14 bits per heavy atom. The maximum Gasteiger partial charge on any atom is 0.254 e. The van der Waals surface area contributed by atoms with Crippen molar-refractivity contribution < 1.29 is 28.2 Å². The molecule has 0 aliphatic carbocycles. The van der Waals surface area contributed by atoms with E-state index in [1.54, 1.807) is 17.0 Å². The molecule has 0 spiro atoms. The van der Waals surface area contributed by atoms with Crippen LogP contribution in [0.25, 0.3) is 0 Å². The van der Waals surface area contributed by atoms with E-state index >= 15 is 0 Å². The minimum atomic E-state index is -1.13. The fourth-order valence-corrected chi connectivity index (χ4v) is 3.18. The number of aliphatic hydroxyl groups is 1. The third-order valence-electron chi connectivity index (χ3n) is 4.78. The average Bonchev–Trinajstić information content (AvgIpc) is 2.91. The van der Waals surface area contributed by atoms with Crippen LogP contribution in [-0.2, 0) is 4.74 Å². The second-order valence-electron chi connectivity index (χ2n) is 7.25. The summed E-state index contributed by atoms with van der Waals surface area (Å²) in [5, 5.41) is 9.65. The number of ether oxygens (including phenoxy) is 1. The first-order valence-corrected chi connectivity index (χ1v) is 8.91. The van der Waals surface area contributed by atoms with Crippen molar-refractivity contribution >= 4 is 11.7 Å². The van der Waals surface area contributed by atoms with Crippen LogP contribution in [0.1, 0.15) is 33.2 Å². The normalized spacial score (nSPS) is 19.9. The molecule has 1 aliphatic rings.